The first kappa shape index (κ1) is 21.4. The molecule has 9 heteroatoms. The topological polar surface area (TPSA) is 111 Å². The lowest BCUT2D eigenvalue weighted by Gasteiger charge is -2.14. The molecule has 1 heterocycles. The summed E-state index contributed by atoms with van der Waals surface area (Å²) in [7, 11) is -3.82. The highest BCUT2D eigenvalue weighted by molar-refractivity contribution is 7.92. The van der Waals surface area contributed by atoms with Crippen LogP contribution in [0.2, 0.25) is 0 Å². The van der Waals surface area contributed by atoms with Gasteiger partial charge < -0.3 is 14.6 Å². The van der Waals surface area contributed by atoms with Gasteiger partial charge in [0.2, 0.25) is 0 Å². The molecule has 158 valence electrons. The lowest BCUT2D eigenvalue weighted by Crippen LogP contribution is -2.21. The zero-order valence-electron chi connectivity index (χ0n) is 17.1. The number of ether oxygens (including phenoxy) is 1. The highest BCUT2D eigenvalue weighted by atomic mass is 32.2. The Bertz CT molecular complexity index is 1170. The second-order valence-electron chi connectivity index (χ2n) is 6.94. The Kier molecular flexibility index (Phi) is 6.12. The number of rotatable bonds is 7. The SMILES string of the molecule is Cc1cc(NS(=O)(=O)c2ccc(NC(=O)COc3c(C)ccc(C)c3C)cc2)no1. The maximum Gasteiger partial charge on any atom is 0.263 e. The molecular formula is C21H23N3O5S. The highest BCUT2D eigenvalue weighted by Gasteiger charge is 2.16. The quantitative estimate of drug-likeness (QED) is 0.592. The van der Waals surface area contributed by atoms with Crippen molar-refractivity contribution < 1.29 is 22.5 Å². The van der Waals surface area contributed by atoms with E-state index in [1.807, 2.05) is 32.9 Å². The van der Waals surface area contributed by atoms with Crippen LogP contribution in [0.15, 0.2) is 51.9 Å². The molecule has 0 radical (unpaired) electrons. The first-order chi connectivity index (χ1) is 14.2. The third-order valence-electron chi connectivity index (χ3n) is 4.54. The van der Waals surface area contributed by atoms with E-state index in [9.17, 15) is 13.2 Å². The van der Waals surface area contributed by atoms with Gasteiger partial charge in [0.25, 0.3) is 15.9 Å². The van der Waals surface area contributed by atoms with Crippen molar-refractivity contribution in [3.63, 3.8) is 0 Å². The Labute approximate surface area is 175 Å². The van der Waals surface area contributed by atoms with Crippen LogP contribution in [-0.2, 0) is 14.8 Å². The smallest absolute Gasteiger partial charge is 0.263 e. The average molecular weight is 429 g/mol. The van der Waals surface area contributed by atoms with E-state index in [4.69, 9.17) is 9.26 Å². The number of benzene rings is 2. The molecule has 0 saturated heterocycles. The van der Waals surface area contributed by atoms with Crippen molar-refractivity contribution >= 4 is 27.4 Å². The molecular weight excluding hydrogens is 406 g/mol. The zero-order valence-corrected chi connectivity index (χ0v) is 18.0. The van der Waals surface area contributed by atoms with Crippen molar-refractivity contribution in [1.82, 2.24) is 5.16 Å². The van der Waals surface area contributed by atoms with Gasteiger partial charge >= 0.3 is 0 Å². The van der Waals surface area contributed by atoms with Crippen molar-refractivity contribution in [2.75, 3.05) is 16.6 Å². The summed E-state index contributed by atoms with van der Waals surface area (Å²) in [5.41, 5.74) is 3.49. The number of carbonyl (C=O) groups is 1. The lowest BCUT2D eigenvalue weighted by molar-refractivity contribution is -0.118. The third kappa shape index (κ3) is 4.98. The van der Waals surface area contributed by atoms with Gasteiger partial charge in [-0.25, -0.2) is 8.42 Å². The fourth-order valence-electron chi connectivity index (χ4n) is 2.81. The normalized spacial score (nSPS) is 11.2. The van der Waals surface area contributed by atoms with E-state index < -0.39 is 10.0 Å². The summed E-state index contributed by atoms with van der Waals surface area (Å²) in [6, 6.07) is 11.2. The molecule has 3 rings (SSSR count). The molecule has 0 spiro atoms. The summed E-state index contributed by atoms with van der Waals surface area (Å²) >= 11 is 0. The average Bonchev–Trinajstić information content (AvgIpc) is 3.09. The summed E-state index contributed by atoms with van der Waals surface area (Å²) in [5, 5.41) is 6.30. The van der Waals surface area contributed by atoms with Crippen LogP contribution < -0.4 is 14.8 Å². The van der Waals surface area contributed by atoms with Crippen LogP contribution in [-0.4, -0.2) is 26.1 Å². The van der Waals surface area contributed by atoms with Gasteiger partial charge in [0.05, 0.1) is 4.90 Å². The van der Waals surface area contributed by atoms with Crippen LogP contribution >= 0.6 is 0 Å². The molecule has 0 fully saturated rings. The molecule has 30 heavy (non-hydrogen) atoms. The summed E-state index contributed by atoms with van der Waals surface area (Å²) in [6.45, 7) is 7.36. The molecule has 0 unspecified atom stereocenters. The monoisotopic (exact) mass is 429 g/mol. The van der Waals surface area contributed by atoms with Gasteiger partial charge in [0, 0.05) is 11.8 Å². The van der Waals surface area contributed by atoms with Crippen LogP contribution in [0.1, 0.15) is 22.5 Å². The lowest BCUT2D eigenvalue weighted by atomic mass is 10.1. The number of sulfonamides is 1. The minimum Gasteiger partial charge on any atom is -0.483 e. The van der Waals surface area contributed by atoms with E-state index >= 15 is 0 Å². The zero-order chi connectivity index (χ0) is 21.9. The van der Waals surface area contributed by atoms with Gasteiger partial charge in [0.1, 0.15) is 11.5 Å². The molecule has 3 aromatic rings. The van der Waals surface area contributed by atoms with Crippen LogP contribution in [0.3, 0.4) is 0 Å². The van der Waals surface area contributed by atoms with Crippen LogP contribution in [0.5, 0.6) is 5.75 Å². The molecule has 8 nitrogen and oxygen atoms in total. The van der Waals surface area contributed by atoms with Crippen LogP contribution in [0.4, 0.5) is 11.5 Å². The van der Waals surface area contributed by atoms with Gasteiger partial charge in [-0.3, -0.25) is 9.52 Å². The van der Waals surface area contributed by atoms with Gasteiger partial charge in [-0.1, -0.05) is 17.3 Å². The summed E-state index contributed by atoms with van der Waals surface area (Å²) < 4.78 is 37.7. The fourth-order valence-corrected chi connectivity index (χ4v) is 3.79. The fraction of sp³-hybridized carbons (Fsp3) is 0.238. The standard InChI is InChI=1S/C21H23N3O5S/c1-13-5-6-14(2)21(16(13)4)28-12-20(25)22-17-7-9-18(10-8-17)30(26,27)24-19-11-15(3)29-23-19/h5-11H,12H2,1-4H3,(H,22,25)(H,23,24). The number of hydrogen-bond acceptors (Lipinski definition) is 6. The van der Waals surface area contributed by atoms with E-state index in [0.717, 1.165) is 16.7 Å². The Hall–Kier alpha value is -3.33. The number of nitrogens with one attached hydrogen (secondary N) is 2. The Balaban J connectivity index is 1.61. The number of aryl methyl sites for hydroxylation is 3. The van der Waals surface area contributed by atoms with Crippen molar-refractivity contribution in [3.05, 3.63) is 64.9 Å². The minimum absolute atomic E-state index is 0.0309. The first-order valence-electron chi connectivity index (χ1n) is 9.21. The largest absolute Gasteiger partial charge is 0.483 e. The Morgan fingerprint density at radius 2 is 1.70 bits per heavy atom. The molecule has 0 aliphatic carbocycles. The molecule has 0 atom stereocenters. The number of anilines is 2. The number of aromatic nitrogens is 1. The van der Waals surface area contributed by atoms with Gasteiger partial charge in [-0.2, -0.15) is 0 Å². The number of amides is 1. The minimum atomic E-state index is -3.82. The molecule has 2 aromatic carbocycles. The number of nitrogens with zero attached hydrogens (tertiary/aromatic N) is 1. The third-order valence-corrected chi connectivity index (χ3v) is 5.91. The van der Waals surface area contributed by atoms with E-state index in [2.05, 4.69) is 15.2 Å². The van der Waals surface area contributed by atoms with E-state index in [1.54, 1.807) is 6.92 Å². The molecule has 0 aliphatic heterocycles. The van der Waals surface area contributed by atoms with Crippen molar-refractivity contribution in [2.24, 2.45) is 0 Å². The molecule has 1 amide bonds. The highest BCUT2D eigenvalue weighted by Crippen LogP contribution is 2.25. The molecule has 2 N–H and O–H groups in total. The van der Waals surface area contributed by atoms with Crippen molar-refractivity contribution in [3.8, 4) is 5.75 Å². The first-order valence-corrected chi connectivity index (χ1v) is 10.7. The maximum atomic E-state index is 12.4. The van der Waals surface area contributed by atoms with Crippen molar-refractivity contribution in [2.45, 2.75) is 32.6 Å². The predicted octanol–water partition coefficient (Wildman–Crippen LogP) is 3.73. The summed E-state index contributed by atoms with van der Waals surface area (Å²) in [6.07, 6.45) is 0. The van der Waals surface area contributed by atoms with Crippen LogP contribution in [0.25, 0.3) is 0 Å². The second kappa shape index (κ2) is 8.58. The summed E-state index contributed by atoms with van der Waals surface area (Å²) in [4.78, 5) is 12.3. The Morgan fingerprint density at radius 3 is 2.33 bits per heavy atom. The van der Waals surface area contributed by atoms with E-state index in [-0.39, 0.29) is 23.2 Å². The molecule has 0 saturated carbocycles. The van der Waals surface area contributed by atoms with E-state index in [0.29, 0.717) is 17.2 Å². The predicted molar refractivity (Wildman–Crippen MR) is 113 cm³/mol. The molecule has 0 aliphatic rings. The van der Waals surface area contributed by atoms with Gasteiger partial charge in [-0.05, 0) is 68.7 Å². The second-order valence-corrected chi connectivity index (χ2v) is 8.63. The van der Waals surface area contributed by atoms with Gasteiger partial charge in [0.15, 0.2) is 12.4 Å². The molecule has 0 bridgehead atoms. The van der Waals surface area contributed by atoms with Crippen molar-refractivity contribution in [1.29, 1.82) is 0 Å². The molecule has 1 aromatic heterocycles. The number of hydrogen-bond donors (Lipinski definition) is 2. The maximum absolute atomic E-state index is 12.4. The number of carbonyl (C=O) groups excluding carboxylic acids is 1. The Morgan fingerprint density at radius 1 is 1.03 bits per heavy atom. The van der Waals surface area contributed by atoms with Gasteiger partial charge in [-0.15, -0.1) is 0 Å². The van der Waals surface area contributed by atoms with E-state index in [1.165, 1.54) is 30.3 Å². The summed E-state index contributed by atoms with van der Waals surface area (Å²) in [5.74, 6) is 0.940. The van der Waals surface area contributed by atoms with Crippen LogP contribution in [0, 0.1) is 27.7 Å².